The quantitative estimate of drug-likeness (QED) is 0.665. The van der Waals surface area contributed by atoms with Crippen LogP contribution in [0.15, 0.2) is 36.4 Å². The molecule has 0 saturated carbocycles. The van der Waals surface area contributed by atoms with Gasteiger partial charge in [-0.2, -0.15) is 10.4 Å². The molecule has 2 heterocycles. The molecule has 6 nitrogen and oxygen atoms in total. The van der Waals surface area contributed by atoms with Crippen molar-refractivity contribution in [2.24, 2.45) is 0 Å². The number of aliphatic hydroxyl groups is 1. The number of carbonyl (C=O) groups is 1. The van der Waals surface area contributed by atoms with E-state index < -0.39 is 23.8 Å². The molecule has 1 amide bonds. The number of nitriles is 1. The summed E-state index contributed by atoms with van der Waals surface area (Å²) in [6.07, 6.45) is -0.00684. The third-order valence-corrected chi connectivity index (χ3v) is 6.56. The maximum absolute atomic E-state index is 14.4. The normalized spacial score (nSPS) is 19.2. The van der Waals surface area contributed by atoms with E-state index in [2.05, 4.69) is 6.07 Å². The van der Waals surface area contributed by atoms with Crippen LogP contribution in [0.1, 0.15) is 47.3 Å². The molecule has 0 fully saturated rings. The molecule has 0 saturated heterocycles. The van der Waals surface area contributed by atoms with Gasteiger partial charge in [0, 0.05) is 55.2 Å². The second-order valence-corrected chi connectivity index (χ2v) is 8.50. The van der Waals surface area contributed by atoms with E-state index in [4.69, 9.17) is 5.10 Å². The Morgan fingerprint density at radius 2 is 2.09 bits per heavy atom. The third kappa shape index (κ3) is 3.49. The Kier molecular flexibility index (Phi) is 5.22. The monoisotopic (exact) mass is 448 g/mol. The topological polar surface area (TPSA) is 82.2 Å². The Labute approximate surface area is 189 Å². The number of amides is 1. The average Bonchev–Trinajstić information content (AvgIpc) is 3.35. The molecule has 2 aliphatic rings. The smallest absolute Gasteiger partial charge is 0.222 e. The number of fused-ring (bicyclic) bond motifs is 2. The lowest BCUT2D eigenvalue weighted by molar-refractivity contribution is -0.131. The summed E-state index contributed by atoms with van der Waals surface area (Å²) in [5.74, 6) is -1.34. The number of carbonyl (C=O) groups excluding carboxylic acids is 1. The molecule has 3 aromatic rings. The van der Waals surface area contributed by atoms with Crippen LogP contribution in [0.2, 0.25) is 0 Å². The lowest BCUT2D eigenvalue weighted by Crippen LogP contribution is -2.36. The lowest BCUT2D eigenvalue weighted by Gasteiger charge is -2.29. The highest BCUT2D eigenvalue weighted by Crippen LogP contribution is 2.40. The van der Waals surface area contributed by atoms with Crippen molar-refractivity contribution in [3.05, 3.63) is 76.0 Å². The Hall–Kier alpha value is -3.57. The highest BCUT2D eigenvalue weighted by molar-refractivity contribution is 5.77. The minimum atomic E-state index is -0.964. The van der Waals surface area contributed by atoms with Gasteiger partial charge >= 0.3 is 0 Å². The molecular weight excluding hydrogens is 426 g/mol. The van der Waals surface area contributed by atoms with Crippen molar-refractivity contribution in [1.29, 1.82) is 5.26 Å². The van der Waals surface area contributed by atoms with Gasteiger partial charge in [-0.25, -0.2) is 8.78 Å². The molecule has 1 aliphatic carbocycles. The Bertz CT molecular complexity index is 1310. The summed E-state index contributed by atoms with van der Waals surface area (Å²) in [6, 6.07) is 10.5. The molecule has 2 atom stereocenters. The number of aliphatic hydroxyl groups excluding tert-OH is 1. The van der Waals surface area contributed by atoms with Crippen molar-refractivity contribution in [2.45, 2.75) is 44.9 Å². The fraction of sp³-hybridized carbons (Fsp3) is 0.320. The van der Waals surface area contributed by atoms with E-state index in [9.17, 15) is 23.9 Å². The van der Waals surface area contributed by atoms with Crippen LogP contribution in [0.3, 0.4) is 0 Å². The SMILES string of the molecule is CCC(=O)N1CCc2c(c(-c3cccc(C#N)c3)nn2C2c3cc(F)cc(F)c3CC2O)C1. The number of aromatic nitrogens is 2. The van der Waals surface area contributed by atoms with Crippen molar-refractivity contribution in [3.8, 4) is 17.3 Å². The van der Waals surface area contributed by atoms with E-state index in [1.807, 2.05) is 13.0 Å². The molecule has 2 unspecified atom stereocenters. The fourth-order valence-corrected chi connectivity index (χ4v) is 5.01. The molecular formula is C25H22F2N4O2. The summed E-state index contributed by atoms with van der Waals surface area (Å²) in [6.45, 7) is 2.66. The maximum atomic E-state index is 14.4. The number of hydrogen-bond donors (Lipinski definition) is 1. The average molecular weight is 448 g/mol. The highest BCUT2D eigenvalue weighted by atomic mass is 19.1. The standard InChI is InChI=1S/C25H22F2N4O2/c1-2-23(33)30-7-6-21-19(13-30)24(15-5-3-4-14(8-15)12-28)29-31(21)25-18-9-16(26)10-20(27)17(18)11-22(25)32/h3-5,8-10,22,25,32H,2,6-7,11,13H2,1H3. The molecule has 2 aromatic carbocycles. The summed E-state index contributed by atoms with van der Waals surface area (Å²) >= 11 is 0. The molecule has 1 N–H and O–H groups in total. The van der Waals surface area contributed by atoms with E-state index >= 15 is 0 Å². The van der Waals surface area contributed by atoms with Crippen LogP contribution in [-0.4, -0.2) is 38.3 Å². The van der Waals surface area contributed by atoms with Crippen molar-refractivity contribution in [1.82, 2.24) is 14.7 Å². The molecule has 168 valence electrons. The van der Waals surface area contributed by atoms with Crippen LogP contribution >= 0.6 is 0 Å². The van der Waals surface area contributed by atoms with Crippen LogP contribution < -0.4 is 0 Å². The minimum absolute atomic E-state index is 0.0283. The zero-order valence-electron chi connectivity index (χ0n) is 18.1. The van der Waals surface area contributed by atoms with E-state index in [1.165, 1.54) is 6.07 Å². The van der Waals surface area contributed by atoms with E-state index in [0.717, 1.165) is 17.3 Å². The van der Waals surface area contributed by atoms with Crippen molar-refractivity contribution < 1.29 is 18.7 Å². The Morgan fingerprint density at radius 1 is 1.27 bits per heavy atom. The summed E-state index contributed by atoms with van der Waals surface area (Å²) < 4.78 is 30.2. The van der Waals surface area contributed by atoms with Gasteiger partial charge in [-0.05, 0) is 29.3 Å². The van der Waals surface area contributed by atoms with Gasteiger partial charge in [0.1, 0.15) is 17.7 Å². The first-order valence-electron chi connectivity index (χ1n) is 11.0. The summed E-state index contributed by atoms with van der Waals surface area (Å²) in [4.78, 5) is 14.2. The van der Waals surface area contributed by atoms with Gasteiger partial charge in [-0.3, -0.25) is 9.48 Å². The third-order valence-electron chi connectivity index (χ3n) is 6.56. The molecule has 8 heteroatoms. The van der Waals surface area contributed by atoms with Crippen LogP contribution in [0, 0.1) is 23.0 Å². The Morgan fingerprint density at radius 3 is 2.85 bits per heavy atom. The van der Waals surface area contributed by atoms with Crippen LogP contribution in [-0.2, 0) is 24.2 Å². The zero-order chi connectivity index (χ0) is 23.3. The first kappa shape index (κ1) is 21.3. The first-order valence-corrected chi connectivity index (χ1v) is 11.0. The van der Waals surface area contributed by atoms with Crippen molar-refractivity contribution in [2.75, 3.05) is 6.54 Å². The molecule has 1 aromatic heterocycles. The number of nitrogens with zero attached hydrogens (tertiary/aromatic N) is 4. The van der Waals surface area contributed by atoms with Gasteiger partial charge in [0.05, 0.1) is 23.4 Å². The number of rotatable bonds is 3. The highest BCUT2D eigenvalue weighted by Gasteiger charge is 2.39. The van der Waals surface area contributed by atoms with Crippen LogP contribution in [0.4, 0.5) is 8.78 Å². The molecule has 5 rings (SSSR count). The zero-order valence-corrected chi connectivity index (χ0v) is 18.1. The van der Waals surface area contributed by atoms with Crippen molar-refractivity contribution in [3.63, 3.8) is 0 Å². The molecule has 33 heavy (non-hydrogen) atoms. The van der Waals surface area contributed by atoms with Crippen molar-refractivity contribution >= 4 is 5.91 Å². The van der Waals surface area contributed by atoms with Gasteiger partial charge in [0.25, 0.3) is 0 Å². The largest absolute Gasteiger partial charge is 0.390 e. The molecule has 0 radical (unpaired) electrons. The van der Waals surface area contributed by atoms with E-state index in [0.29, 0.717) is 53.9 Å². The summed E-state index contributed by atoms with van der Waals surface area (Å²) in [7, 11) is 0. The molecule has 0 bridgehead atoms. The van der Waals surface area contributed by atoms with Gasteiger partial charge in [-0.15, -0.1) is 0 Å². The number of halogens is 2. The van der Waals surface area contributed by atoms with Gasteiger partial charge in [0.2, 0.25) is 5.91 Å². The predicted octanol–water partition coefficient (Wildman–Crippen LogP) is 3.50. The summed E-state index contributed by atoms with van der Waals surface area (Å²) in [5.41, 5.74) is 4.13. The maximum Gasteiger partial charge on any atom is 0.222 e. The second kappa shape index (κ2) is 8.09. The first-order chi connectivity index (χ1) is 15.9. The van der Waals surface area contributed by atoms with Gasteiger partial charge < -0.3 is 10.0 Å². The van der Waals surface area contributed by atoms with Gasteiger partial charge in [0.15, 0.2) is 0 Å². The Balaban J connectivity index is 1.69. The number of hydrogen-bond acceptors (Lipinski definition) is 4. The van der Waals surface area contributed by atoms with Crippen LogP contribution in [0.25, 0.3) is 11.3 Å². The number of benzene rings is 2. The second-order valence-electron chi connectivity index (χ2n) is 8.50. The molecule has 0 spiro atoms. The van der Waals surface area contributed by atoms with Gasteiger partial charge in [-0.1, -0.05) is 19.1 Å². The van der Waals surface area contributed by atoms with Crippen LogP contribution in [0.5, 0.6) is 0 Å². The lowest BCUT2D eigenvalue weighted by atomic mass is 9.99. The van der Waals surface area contributed by atoms with E-state index in [1.54, 1.807) is 27.8 Å². The minimum Gasteiger partial charge on any atom is -0.390 e. The fourth-order valence-electron chi connectivity index (χ4n) is 5.01. The predicted molar refractivity (Wildman–Crippen MR) is 116 cm³/mol. The molecule has 1 aliphatic heterocycles. The summed E-state index contributed by atoms with van der Waals surface area (Å²) in [5, 5.41) is 25.0. The van der Waals surface area contributed by atoms with E-state index in [-0.39, 0.29) is 12.3 Å².